The number of nitrogens with zero attached hydrogens (tertiary/aromatic N) is 1. The molecule has 0 fully saturated rings. The number of ether oxygens (including phenoxy) is 2. The van der Waals surface area contributed by atoms with Gasteiger partial charge in [0.1, 0.15) is 0 Å². The summed E-state index contributed by atoms with van der Waals surface area (Å²) < 4.78 is 9.34. The number of methoxy groups -OCH3 is 2. The van der Waals surface area contributed by atoms with E-state index in [0.717, 1.165) is 5.69 Å². The Morgan fingerprint density at radius 3 is 1.97 bits per heavy atom. The molecule has 158 valence electrons. The quantitative estimate of drug-likeness (QED) is 0.669. The fourth-order valence-electron chi connectivity index (χ4n) is 2.76. The van der Waals surface area contributed by atoms with Crippen LogP contribution in [0.1, 0.15) is 40.0 Å². The summed E-state index contributed by atoms with van der Waals surface area (Å²) in [5.41, 5.74) is 1.25. The normalized spacial score (nSPS) is 10.1. The number of amides is 2. The van der Waals surface area contributed by atoms with E-state index in [4.69, 9.17) is 0 Å². The molecule has 0 heterocycles. The molecule has 0 atom stereocenters. The lowest BCUT2D eigenvalue weighted by molar-refractivity contribution is -0.118. The fraction of sp³-hybridized carbons (Fsp3) is 0.273. The van der Waals surface area contributed by atoms with Crippen molar-refractivity contribution in [1.29, 1.82) is 0 Å². The maximum atomic E-state index is 12.3. The van der Waals surface area contributed by atoms with E-state index in [1.54, 1.807) is 11.9 Å². The van der Waals surface area contributed by atoms with E-state index >= 15 is 0 Å². The predicted octanol–water partition coefficient (Wildman–Crippen LogP) is 3.03. The van der Waals surface area contributed by atoms with Crippen molar-refractivity contribution in [3.05, 3.63) is 59.7 Å². The summed E-state index contributed by atoms with van der Waals surface area (Å²) in [6.07, 6.45) is 0.654. The van der Waals surface area contributed by atoms with Crippen LogP contribution in [0, 0.1) is 0 Å². The number of para-hydroxylation sites is 1. The molecule has 0 unspecified atom stereocenters. The first-order chi connectivity index (χ1) is 14.3. The highest BCUT2D eigenvalue weighted by atomic mass is 16.5. The van der Waals surface area contributed by atoms with E-state index in [1.807, 2.05) is 30.3 Å². The van der Waals surface area contributed by atoms with Gasteiger partial charge in [-0.2, -0.15) is 0 Å². The molecule has 8 nitrogen and oxygen atoms in total. The SMILES string of the molecule is COC(=O)c1cc(NC(=O)CCCC(=O)N(C)c2ccccc2)cc(C(=O)OC)c1. The van der Waals surface area contributed by atoms with Crippen molar-refractivity contribution in [1.82, 2.24) is 0 Å². The highest BCUT2D eigenvalue weighted by Gasteiger charge is 2.16. The second-order valence-corrected chi connectivity index (χ2v) is 6.47. The molecule has 2 aromatic carbocycles. The van der Waals surface area contributed by atoms with Gasteiger partial charge in [0, 0.05) is 31.3 Å². The topological polar surface area (TPSA) is 102 Å². The number of hydrogen-bond donors (Lipinski definition) is 1. The highest BCUT2D eigenvalue weighted by molar-refractivity contribution is 5.99. The van der Waals surface area contributed by atoms with Gasteiger partial charge in [0.2, 0.25) is 11.8 Å². The molecule has 0 bridgehead atoms. The average Bonchev–Trinajstić information content (AvgIpc) is 2.77. The Labute approximate surface area is 174 Å². The Hall–Kier alpha value is -3.68. The zero-order chi connectivity index (χ0) is 22.1. The molecular formula is C22H24N2O6. The van der Waals surface area contributed by atoms with Crippen LogP contribution in [0.5, 0.6) is 0 Å². The van der Waals surface area contributed by atoms with Crippen LogP contribution >= 0.6 is 0 Å². The van der Waals surface area contributed by atoms with Crippen LogP contribution in [-0.4, -0.2) is 45.0 Å². The van der Waals surface area contributed by atoms with Crippen LogP contribution in [0.15, 0.2) is 48.5 Å². The summed E-state index contributed by atoms with van der Waals surface area (Å²) in [7, 11) is 4.12. The molecule has 0 aliphatic heterocycles. The predicted molar refractivity (Wildman–Crippen MR) is 111 cm³/mol. The highest BCUT2D eigenvalue weighted by Crippen LogP contribution is 2.18. The third-order valence-electron chi connectivity index (χ3n) is 4.37. The minimum atomic E-state index is -0.647. The lowest BCUT2D eigenvalue weighted by Crippen LogP contribution is -2.26. The van der Waals surface area contributed by atoms with Gasteiger partial charge in [0.05, 0.1) is 25.3 Å². The molecule has 8 heteroatoms. The molecule has 0 aromatic heterocycles. The number of carbonyl (C=O) groups is 4. The standard InChI is InChI=1S/C22H24N2O6/c1-24(18-8-5-4-6-9-18)20(26)11-7-10-19(25)23-17-13-15(21(27)29-2)12-16(14-17)22(28)30-3/h4-6,8-9,12-14H,7,10-11H2,1-3H3,(H,23,25). The third-order valence-corrected chi connectivity index (χ3v) is 4.37. The van der Waals surface area contributed by atoms with Crippen molar-refractivity contribution in [2.24, 2.45) is 0 Å². The van der Waals surface area contributed by atoms with E-state index in [9.17, 15) is 19.2 Å². The van der Waals surface area contributed by atoms with Crippen molar-refractivity contribution in [2.45, 2.75) is 19.3 Å². The maximum absolute atomic E-state index is 12.3. The van der Waals surface area contributed by atoms with E-state index in [1.165, 1.54) is 32.4 Å². The number of anilines is 2. The van der Waals surface area contributed by atoms with Crippen molar-refractivity contribution in [3.63, 3.8) is 0 Å². The molecule has 2 rings (SSSR count). The largest absolute Gasteiger partial charge is 0.465 e. The van der Waals surface area contributed by atoms with Gasteiger partial charge in [-0.25, -0.2) is 9.59 Å². The number of hydrogen-bond acceptors (Lipinski definition) is 6. The molecule has 0 saturated carbocycles. The minimum absolute atomic E-state index is 0.102. The third kappa shape index (κ3) is 6.16. The monoisotopic (exact) mass is 412 g/mol. The van der Waals surface area contributed by atoms with Crippen LogP contribution in [0.2, 0.25) is 0 Å². The lowest BCUT2D eigenvalue weighted by Gasteiger charge is -2.17. The first kappa shape index (κ1) is 22.6. The molecule has 0 aliphatic carbocycles. The van der Waals surface area contributed by atoms with Gasteiger partial charge < -0.3 is 19.7 Å². The molecule has 30 heavy (non-hydrogen) atoms. The number of nitrogens with one attached hydrogen (secondary N) is 1. The van der Waals surface area contributed by atoms with Crippen LogP contribution in [-0.2, 0) is 19.1 Å². The summed E-state index contributed by atoms with van der Waals surface area (Å²) in [4.78, 5) is 49.7. The molecule has 0 spiro atoms. The van der Waals surface area contributed by atoms with Gasteiger partial charge >= 0.3 is 11.9 Å². The fourth-order valence-corrected chi connectivity index (χ4v) is 2.76. The van der Waals surface area contributed by atoms with Gasteiger partial charge in [-0.05, 0) is 36.8 Å². The number of esters is 2. The number of rotatable bonds is 8. The molecule has 2 aromatic rings. The Balaban J connectivity index is 1.96. The zero-order valence-electron chi connectivity index (χ0n) is 17.1. The second kappa shape index (κ2) is 10.8. The smallest absolute Gasteiger partial charge is 0.337 e. The van der Waals surface area contributed by atoms with E-state index in [-0.39, 0.29) is 41.5 Å². The van der Waals surface area contributed by atoms with Crippen molar-refractivity contribution >= 4 is 35.1 Å². The summed E-state index contributed by atoms with van der Waals surface area (Å²) >= 11 is 0. The second-order valence-electron chi connectivity index (χ2n) is 6.47. The molecule has 0 radical (unpaired) electrons. The van der Waals surface area contributed by atoms with Crippen LogP contribution in [0.3, 0.4) is 0 Å². The van der Waals surface area contributed by atoms with Gasteiger partial charge in [-0.1, -0.05) is 18.2 Å². The Bertz CT molecular complexity index is 892. The van der Waals surface area contributed by atoms with Crippen molar-refractivity contribution in [3.8, 4) is 0 Å². The van der Waals surface area contributed by atoms with Gasteiger partial charge in [-0.15, -0.1) is 0 Å². The maximum Gasteiger partial charge on any atom is 0.337 e. The first-order valence-electron chi connectivity index (χ1n) is 9.29. The van der Waals surface area contributed by atoms with E-state index in [2.05, 4.69) is 14.8 Å². The molecule has 1 N–H and O–H groups in total. The van der Waals surface area contributed by atoms with Crippen molar-refractivity contribution in [2.75, 3.05) is 31.5 Å². The zero-order valence-corrected chi connectivity index (χ0v) is 17.1. The van der Waals surface area contributed by atoms with E-state index < -0.39 is 11.9 Å². The van der Waals surface area contributed by atoms with Crippen LogP contribution in [0.4, 0.5) is 11.4 Å². The van der Waals surface area contributed by atoms with Crippen LogP contribution in [0.25, 0.3) is 0 Å². The van der Waals surface area contributed by atoms with Crippen molar-refractivity contribution < 1.29 is 28.7 Å². The van der Waals surface area contributed by atoms with E-state index in [0.29, 0.717) is 6.42 Å². The average molecular weight is 412 g/mol. The van der Waals surface area contributed by atoms with Gasteiger partial charge in [0.15, 0.2) is 0 Å². The Morgan fingerprint density at radius 2 is 1.43 bits per heavy atom. The van der Waals surface area contributed by atoms with Gasteiger partial charge in [0.25, 0.3) is 0 Å². The Kier molecular flexibility index (Phi) is 8.10. The van der Waals surface area contributed by atoms with Gasteiger partial charge in [-0.3, -0.25) is 9.59 Å². The molecular weight excluding hydrogens is 388 g/mol. The summed E-state index contributed by atoms with van der Waals surface area (Å²) in [6, 6.07) is 13.4. The minimum Gasteiger partial charge on any atom is -0.465 e. The number of benzene rings is 2. The summed E-state index contributed by atoms with van der Waals surface area (Å²) in [6.45, 7) is 0. The lowest BCUT2D eigenvalue weighted by atomic mass is 10.1. The molecule has 0 aliphatic rings. The van der Waals surface area contributed by atoms with Crippen LogP contribution < -0.4 is 10.2 Å². The summed E-state index contributed by atoms with van der Waals surface area (Å²) in [5, 5.41) is 2.64. The first-order valence-corrected chi connectivity index (χ1v) is 9.29. The molecule has 2 amide bonds. The Morgan fingerprint density at radius 1 is 0.867 bits per heavy atom. The molecule has 0 saturated heterocycles. The number of carbonyl (C=O) groups excluding carboxylic acids is 4. The summed E-state index contributed by atoms with van der Waals surface area (Å²) in [5.74, 6) is -1.74.